The van der Waals surface area contributed by atoms with Crippen LogP contribution < -0.4 is 5.32 Å². The fraction of sp³-hybridized carbons (Fsp3) is 0.273. The van der Waals surface area contributed by atoms with Crippen molar-refractivity contribution >= 4 is 27.5 Å². The normalized spacial score (nSPS) is 11.5. The first-order valence-electron chi connectivity index (χ1n) is 4.57. The van der Waals surface area contributed by atoms with Gasteiger partial charge < -0.3 is 5.32 Å². The molecule has 3 nitrogen and oxygen atoms in total. The molecule has 1 N–H and O–H groups in total. The number of benzene rings is 1. The van der Waals surface area contributed by atoms with Gasteiger partial charge in [-0.1, -0.05) is 15.9 Å². The Hall–Kier alpha value is -1.34. The van der Waals surface area contributed by atoms with Crippen LogP contribution in [-0.2, 0) is 4.79 Å². The molecule has 0 radical (unpaired) electrons. The van der Waals surface area contributed by atoms with E-state index >= 15 is 0 Å². The van der Waals surface area contributed by atoms with E-state index < -0.39 is 0 Å². The molecule has 0 saturated carbocycles. The Bertz CT molecular complexity index is 381. The molecule has 1 atom stereocenters. The van der Waals surface area contributed by atoms with Crippen LogP contribution in [-0.4, -0.2) is 5.91 Å². The van der Waals surface area contributed by atoms with Crippen LogP contribution >= 0.6 is 15.9 Å². The number of amides is 1. The zero-order valence-electron chi connectivity index (χ0n) is 8.33. The second kappa shape index (κ2) is 5.52. The van der Waals surface area contributed by atoms with Gasteiger partial charge in [-0.2, -0.15) is 5.26 Å². The van der Waals surface area contributed by atoms with Gasteiger partial charge in [0, 0.05) is 16.6 Å². The maximum atomic E-state index is 11.4. The first-order valence-corrected chi connectivity index (χ1v) is 5.36. The maximum Gasteiger partial charge on any atom is 0.225 e. The lowest BCUT2D eigenvalue weighted by molar-refractivity contribution is -0.116. The van der Waals surface area contributed by atoms with Gasteiger partial charge in [0.2, 0.25) is 5.91 Å². The molecule has 15 heavy (non-hydrogen) atoms. The van der Waals surface area contributed by atoms with E-state index in [1.165, 1.54) is 0 Å². The van der Waals surface area contributed by atoms with E-state index in [0.717, 1.165) is 10.2 Å². The molecule has 0 fully saturated rings. The quantitative estimate of drug-likeness (QED) is 0.915. The zero-order chi connectivity index (χ0) is 11.3. The number of nitrogens with zero attached hydrogens (tertiary/aromatic N) is 1. The molecule has 0 heterocycles. The van der Waals surface area contributed by atoms with Crippen LogP contribution in [0.2, 0.25) is 0 Å². The SMILES string of the molecule is CC(C#N)CC(=O)Nc1ccc(Br)cc1. The van der Waals surface area contributed by atoms with Crippen molar-refractivity contribution in [2.75, 3.05) is 5.32 Å². The number of carbonyl (C=O) groups excluding carboxylic acids is 1. The minimum atomic E-state index is -0.250. The molecule has 1 aromatic rings. The van der Waals surface area contributed by atoms with E-state index in [1.54, 1.807) is 19.1 Å². The molecule has 0 aliphatic heterocycles. The number of nitriles is 1. The van der Waals surface area contributed by atoms with Crippen molar-refractivity contribution in [3.05, 3.63) is 28.7 Å². The van der Waals surface area contributed by atoms with Crippen molar-refractivity contribution in [2.24, 2.45) is 5.92 Å². The highest BCUT2D eigenvalue weighted by molar-refractivity contribution is 9.10. The lowest BCUT2D eigenvalue weighted by Gasteiger charge is -2.05. The molecule has 0 aromatic heterocycles. The van der Waals surface area contributed by atoms with E-state index in [4.69, 9.17) is 5.26 Å². The van der Waals surface area contributed by atoms with E-state index in [2.05, 4.69) is 21.2 Å². The van der Waals surface area contributed by atoms with Crippen LogP contribution in [0.3, 0.4) is 0 Å². The topological polar surface area (TPSA) is 52.9 Å². The summed E-state index contributed by atoms with van der Waals surface area (Å²) in [5, 5.41) is 11.3. The molecule has 0 spiro atoms. The highest BCUT2D eigenvalue weighted by Crippen LogP contribution is 2.14. The average Bonchev–Trinajstić information content (AvgIpc) is 2.21. The van der Waals surface area contributed by atoms with Crippen molar-refractivity contribution in [3.63, 3.8) is 0 Å². The van der Waals surface area contributed by atoms with Crippen LogP contribution in [0, 0.1) is 17.2 Å². The molecule has 0 aliphatic carbocycles. The van der Waals surface area contributed by atoms with Gasteiger partial charge in [0.1, 0.15) is 0 Å². The minimum absolute atomic E-state index is 0.133. The predicted molar refractivity (Wildman–Crippen MR) is 62.2 cm³/mol. The largest absolute Gasteiger partial charge is 0.326 e. The second-order valence-electron chi connectivity index (χ2n) is 3.29. The Morgan fingerprint density at radius 3 is 2.67 bits per heavy atom. The van der Waals surface area contributed by atoms with Gasteiger partial charge >= 0.3 is 0 Å². The number of rotatable bonds is 3. The fourth-order valence-corrected chi connectivity index (χ4v) is 1.33. The van der Waals surface area contributed by atoms with Gasteiger partial charge in [-0.15, -0.1) is 0 Å². The van der Waals surface area contributed by atoms with Crippen LogP contribution in [0.1, 0.15) is 13.3 Å². The Kier molecular flexibility index (Phi) is 4.32. The first kappa shape index (κ1) is 11.7. The number of carbonyl (C=O) groups is 1. The molecule has 0 bridgehead atoms. The second-order valence-corrected chi connectivity index (χ2v) is 4.21. The highest BCUT2D eigenvalue weighted by atomic mass is 79.9. The predicted octanol–water partition coefficient (Wildman–Crippen LogP) is 2.94. The third-order valence-corrected chi connectivity index (χ3v) is 2.37. The lowest BCUT2D eigenvalue weighted by Crippen LogP contribution is -2.14. The first-order chi connectivity index (χ1) is 7.11. The third kappa shape index (κ3) is 4.13. The molecular formula is C11H11BrN2O. The standard InChI is InChI=1S/C11H11BrN2O/c1-8(7-13)6-11(15)14-10-4-2-9(12)3-5-10/h2-5,8H,6H2,1H3,(H,14,15). The molecule has 4 heteroatoms. The minimum Gasteiger partial charge on any atom is -0.326 e. The lowest BCUT2D eigenvalue weighted by atomic mass is 10.1. The monoisotopic (exact) mass is 266 g/mol. The van der Waals surface area contributed by atoms with Gasteiger partial charge in [-0.05, 0) is 31.2 Å². The molecule has 0 saturated heterocycles. The Morgan fingerprint density at radius 1 is 1.53 bits per heavy atom. The van der Waals surface area contributed by atoms with Crippen LogP contribution in [0.15, 0.2) is 28.7 Å². The van der Waals surface area contributed by atoms with Gasteiger partial charge in [-0.3, -0.25) is 4.79 Å². The van der Waals surface area contributed by atoms with Crippen molar-refractivity contribution < 1.29 is 4.79 Å². The van der Waals surface area contributed by atoms with Crippen molar-refractivity contribution in [1.82, 2.24) is 0 Å². The van der Waals surface area contributed by atoms with Crippen molar-refractivity contribution in [1.29, 1.82) is 5.26 Å². The third-order valence-electron chi connectivity index (χ3n) is 1.84. The van der Waals surface area contributed by atoms with Crippen LogP contribution in [0.5, 0.6) is 0 Å². The molecule has 1 aromatic carbocycles. The van der Waals surface area contributed by atoms with E-state index in [1.807, 2.05) is 18.2 Å². The zero-order valence-corrected chi connectivity index (χ0v) is 9.91. The van der Waals surface area contributed by atoms with Crippen molar-refractivity contribution in [3.8, 4) is 6.07 Å². The highest BCUT2D eigenvalue weighted by Gasteiger charge is 2.07. The summed E-state index contributed by atoms with van der Waals surface area (Å²) in [5.74, 6) is -0.383. The summed E-state index contributed by atoms with van der Waals surface area (Å²) in [4.78, 5) is 11.4. The summed E-state index contributed by atoms with van der Waals surface area (Å²) in [6.07, 6.45) is 0.229. The van der Waals surface area contributed by atoms with E-state index in [0.29, 0.717) is 0 Å². The number of hydrogen-bond donors (Lipinski definition) is 1. The summed E-state index contributed by atoms with van der Waals surface area (Å²) >= 11 is 3.31. The summed E-state index contributed by atoms with van der Waals surface area (Å²) in [6.45, 7) is 1.72. The number of nitrogens with one attached hydrogen (secondary N) is 1. The Balaban J connectivity index is 2.52. The number of anilines is 1. The molecule has 0 aliphatic rings. The smallest absolute Gasteiger partial charge is 0.225 e. The Morgan fingerprint density at radius 2 is 2.13 bits per heavy atom. The van der Waals surface area contributed by atoms with E-state index in [-0.39, 0.29) is 18.2 Å². The van der Waals surface area contributed by atoms with E-state index in [9.17, 15) is 4.79 Å². The van der Waals surface area contributed by atoms with Gasteiger partial charge in [0.05, 0.1) is 12.0 Å². The van der Waals surface area contributed by atoms with Gasteiger partial charge in [0.15, 0.2) is 0 Å². The molecule has 1 unspecified atom stereocenters. The van der Waals surface area contributed by atoms with Crippen LogP contribution in [0.4, 0.5) is 5.69 Å². The fourth-order valence-electron chi connectivity index (χ4n) is 1.07. The molecule has 1 amide bonds. The average molecular weight is 267 g/mol. The molecule has 1 rings (SSSR count). The Labute approximate surface area is 97.2 Å². The maximum absolute atomic E-state index is 11.4. The van der Waals surface area contributed by atoms with Crippen LogP contribution in [0.25, 0.3) is 0 Å². The summed E-state index contributed by atoms with van der Waals surface area (Å²) < 4.78 is 0.964. The number of hydrogen-bond acceptors (Lipinski definition) is 2. The summed E-state index contributed by atoms with van der Waals surface area (Å²) in [5.41, 5.74) is 0.744. The molecule has 78 valence electrons. The summed E-state index contributed by atoms with van der Waals surface area (Å²) in [6, 6.07) is 9.33. The number of halogens is 1. The van der Waals surface area contributed by atoms with Gasteiger partial charge in [-0.25, -0.2) is 0 Å². The molecular weight excluding hydrogens is 256 g/mol. The summed E-state index contributed by atoms with van der Waals surface area (Å²) in [7, 11) is 0. The van der Waals surface area contributed by atoms with Crippen molar-refractivity contribution in [2.45, 2.75) is 13.3 Å². The van der Waals surface area contributed by atoms with Gasteiger partial charge in [0.25, 0.3) is 0 Å².